The summed E-state index contributed by atoms with van der Waals surface area (Å²) in [5.41, 5.74) is -3.70. The molecule has 0 aromatic carbocycles. The number of nitrogens with zero attached hydrogens (tertiary/aromatic N) is 1. The Morgan fingerprint density at radius 1 is 1.11 bits per heavy atom. The van der Waals surface area contributed by atoms with Crippen molar-refractivity contribution in [2.75, 3.05) is 0 Å². The van der Waals surface area contributed by atoms with Gasteiger partial charge >= 0.3 is 5.56 Å². The van der Waals surface area contributed by atoms with E-state index < -0.39 is 40.8 Å². The number of pyridine rings is 1. The Bertz CT molecular complexity index is 536. The van der Waals surface area contributed by atoms with E-state index in [2.05, 4.69) is 0 Å². The van der Waals surface area contributed by atoms with Gasteiger partial charge in [-0.3, -0.25) is 4.79 Å². The number of aromatic nitrogens is 1. The van der Waals surface area contributed by atoms with Crippen LogP contribution in [0.5, 0.6) is 0 Å². The monoisotopic (exact) mass is 279 g/mol. The minimum atomic E-state index is -3.43. The summed E-state index contributed by atoms with van der Waals surface area (Å²) < 4.78 is 52.4. The van der Waals surface area contributed by atoms with Gasteiger partial charge in [0.05, 0.1) is 5.56 Å². The fraction of sp³-hybridized carbons (Fsp3) is 0.583. The summed E-state index contributed by atoms with van der Waals surface area (Å²) in [5.74, 6) is -3.99. The highest BCUT2D eigenvalue weighted by Crippen LogP contribution is 2.36. The molecule has 1 fully saturated rings. The molecule has 1 N–H and O–H groups in total. The second kappa shape index (κ2) is 5.22. The molecule has 2 rings (SSSR count). The Hall–Kier alpha value is -1.53. The molecule has 7 heteroatoms. The molecule has 0 saturated heterocycles. The number of hydrogen-bond donors (Lipinski definition) is 1. The van der Waals surface area contributed by atoms with E-state index >= 15 is 0 Å². The van der Waals surface area contributed by atoms with E-state index in [1.54, 1.807) is 0 Å². The van der Waals surface area contributed by atoms with Crippen LogP contribution in [0.25, 0.3) is 0 Å². The van der Waals surface area contributed by atoms with Crippen LogP contribution in [0.1, 0.15) is 55.7 Å². The SMILES string of the molecule is O=c1c(F)c(C(F)F)c(F)c(C2CCCCC2)n1O. The van der Waals surface area contributed by atoms with E-state index in [4.69, 9.17) is 0 Å². The number of rotatable bonds is 2. The van der Waals surface area contributed by atoms with Gasteiger partial charge in [-0.1, -0.05) is 19.3 Å². The summed E-state index contributed by atoms with van der Waals surface area (Å²) >= 11 is 0. The maximum Gasteiger partial charge on any atom is 0.319 e. The Morgan fingerprint density at radius 3 is 2.21 bits per heavy atom. The molecule has 1 heterocycles. The van der Waals surface area contributed by atoms with Crippen LogP contribution in [0.2, 0.25) is 0 Å². The standard InChI is InChI=1S/C12H13F4NO2/c13-8-7(11(15)16)9(14)12(18)17(19)10(8)6-4-2-1-3-5-6/h6,11,19H,1-5H2. The lowest BCUT2D eigenvalue weighted by Crippen LogP contribution is -2.30. The molecule has 0 amide bonds. The van der Waals surface area contributed by atoms with Gasteiger partial charge in [-0.2, -0.15) is 0 Å². The van der Waals surface area contributed by atoms with Crippen LogP contribution in [0.15, 0.2) is 4.79 Å². The Morgan fingerprint density at radius 2 is 1.68 bits per heavy atom. The van der Waals surface area contributed by atoms with Crippen LogP contribution < -0.4 is 5.56 Å². The topological polar surface area (TPSA) is 42.2 Å². The van der Waals surface area contributed by atoms with Crippen LogP contribution in [-0.2, 0) is 0 Å². The molecule has 0 unspecified atom stereocenters. The third kappa shape index (κ3) is 2.33. The second-order valence-corrected chi connectivity index (χ2v) is 4.68. The van der Waals surface area contributed by atoms with E-state index in [1.807, 2.05) is 0 Å². The minimum absolute atomic E-state index is 0.160. The molecule has 1 aromatic heterocycles. The highest BCUT2D eigenvalue weighted by atomic mass is 19.3. The molecule has 1 aromatic rings. The first kappa shape index (κ1) is 13.9. The summed E-state index contributed by atoms with van der Waals surface area (Å²) in [6.07, 6.45) is -0.0526. The summed E-state index contributed by atoms with van der Waals surface area (Å²) in [6, 6.07) is 0. The Kier molecular flexibility index (Phi) is 3.82. The van der Waals surface area contributed by atoms with Crippen molar-refractivity contribution in [3.8, 4) is 0 Å². The number of alkyl halides is 2. The number of hydrogen-bond acceptors (Lipinski definition) is 2. The summed E-state index contributed by atoms with van der Waals surface area (Å²) in [4.78, 5) is 11.3. The van der Waals surface area contributed by atoms with Crippen molar-refractivity contribution in [3.05, 3.63) is 33.2 Å². The maximum absolute atomic E-state index is 14.0. The molecule has 0 aliphatic heterocycles. The first-order valence-corrected chi connectivity index (χ1v) is 6.06. The Balaban J connectivity index is 2.62. The first-order chi connectivity index (χ1) is 8.95. The largest absolute Gasteiger partial charge is 0.425 e. The quantitative estimate of drug-likeness (QED) is 0.666. The van der Waals surface area contributed by atoms with Crippen LogP contribution in [0.3, 0.4) is 0 Å². The maximum atomic E-state index is 14.0. The fourth-order valence-corrected chi connectivity index (χ4v) is 2.56. The van der Waals surface area contributed by atoms with Crippen molar-refractivity contribution in [2.24, 2.45) is 0 Å². The average Bonchev–Trinajstić information content (AvgIpc) is 2.37. The van der Waals surface area contributed by atoms with Crippen molar-refractivity contribution in [3.63, 3.8) is 0 Å². The predicted octanol–water partition coefficient (Wildman–Crippen LogP) is 3.35. The minimum Gasteiger partial charge on any atom is -0.425 e. The zero-order valence-corrected chi connectivity index (χ0v) is 10.0. The third-order valence-electron chi connectivity index (χ3n) is 3.52. The van der Waals surface area contributed by atoms with Crippen LogP contribution in [-0.4, -0.2) is 9.94 Å². The zero-order chi connectivity index (χ0) is 14.2. The van der Waals surface area contributed by atoms with Crippen molar-refractivity contribution >= 4 is 0 Å². The van der Waals surface area contributed by atoms with E-state index in [1.165, 1.54) is 0 Å². The van der Waals surface area contributed by atoms with Gasteiger partial charge in [0.1, 0.15) is 5.69 Å². The molecular weight excluding hydrogens is 266 g/mol. The molecule has 1 aliphatic carbocycles. The van der Waals surface area contributed by atoms with Gasteiger partial charge < -0.3 is 5.21 Å². The molecular formula is C12H13F4NO2. The van der Waals surface area contributed by atoms with Gasteiger partial charge in [-0.15, -0.1) is 4.73 Å². The summed E-state index contributed by atoms with van der Waals surface area (Å²) in [5, 5.41) is 9.50. The van der Waals surface area contributed by atoms with Gasteiger partial charge in [0.2, 0.25) is 5.82 Å². The van der Waals surface area contributed by atoms with Crippen LogP contribution in [0.4, 0.5) is 17.6 Å². The van der Waals surface area contributed by atoms with Crippen LogP contribution >= 0.6 is 0 Å². The molecule has 0 atom stereocenters. The smallest absolute Gasteiger partial charge is 0.319 e. The van der Waals surface area contributed by atoms with Gasteiger partial charge in [-0.05, 0) is 12.8 Å². The lowest BCUT2D eigenvalue weighted by atomic mass is 9.86. The van der Waals surface area contributed by atoms with Gasteiger partial charge in [0.25, 0.3) is 6.43 Å². The van der Waals surface area contributed by atoms with Gasteiger partial charge in [-0.25, -0.2) is 17.6 Å². The highest BCUT2D eigenvalue weighted by Gasteiger charge is 2.32. The average molecular weight is 279 g/mol. The van der Waals surface area contributed by atoms with Gasteiger partial charge in [0, 0.05) is 5.92 Å². The molecule has 3 nitrogen and oxygen atoms in total. The normalized spacial score (nSPS) is 17.1. The molecule has 106 valence electrons. The highest BCUT2D eigenvalue weighted by molar-refractivity contribution is 5.25. The lowest BCUT2D eigenvalue weighted by Gasteiger charge is -2.24. The number of halogens is 4. The molecule has 0 spiro atoms. The van der Waals surface area contributed by atoms with Crippen molar-refractivity contribution in [1.29, 1.82) is 0 Å². The lowest BCUT2D eigenvalue weighted by molar-refractivity contribution is 0.121. The van der Waals surface area contributed by atoms with E-state index in [9.17, 15) is 27.6 Å². The van der Waals surface area contributed by atoms with Crippen LogP contribution in [0, 0.1) is 11.6 Å². The molecule has 1 aliphatic rings. The third-order valence-corrected chi connectivity index (χ3v) is 3.52. The molecule has 1 saturated carbocycles. The summed E-state index contributed by atoms with van der Waals surface area (Å²) in [6.45, 7) is 0. The fourth-order valence-electron chi connectivity index (χ4n) is 2.56. The van der Waals surface area contributed by atoms with E-state index in [0.29, 0.717) is 12.8 Å². The molecule has 0 bridgehead atoms. The predicted molar refractivity (Wildman–Crippen MR) is 58.6 cm³/mol. The first-order valence-electron chi connectivity index (χ1n) is 6.06. The van der Waals surface area contributed by atoms with E-state index in [0.717, 1.165) is 19.3 Å². The molecule has 19 heavy (non-hydrogen) atoms. The Labute approximate surface area is 106 Å². The second-order valence-electron chi connectivity index (χ2n) is 4.68. The van der Waals surface area contributed by atoms with Crippen molar-refractivity contribution in [2.45, 2.75) is 44.4 Å². The van der Waals surface area contributed by atoms with E-state index in [-0.39, 0.29) is 4.73 Å². The summed E-state index contributed by atoms with van der Waals surface area (Å²) in [7, 11) is 0. The van der Waals surface area contributed by atoms with Crippen molar-refractivity contribution < 1.29 is 22.8 Å². The molecule has 0 radical (unpaired) electrons. The zero-order valence-electron chi connectivity index (χ0n) is 10.0. The van der Waals surface area contributed by atoms with Crippen molar-refractivity contribution in [1.82, 2.24) is 4.73 Å². The van der Waals surface area contributed by atoms with Gasteiger partial charge in [0.15, 0.2) is 5.82 Å².